The predicted octanol–water partition coefficient (Wildman–Crippen LogP) is 4.06. The number of rotatable bonds is 5. The summed E-state index contributed by atoms with van der Waals surface area (Å²) in [6, 6.07) is 12.7. The SMILES string of the molecule is O=CNc1cccnc1Oc1ccc2ncnc(-c3nc4cccnc4s3)c2c1. The monoisotopic (exact) mass is 400 g/mol. The average Bonchev–Trinajstić information content (AvgIpc) is 3.19. The summed E-state index contributed by atoms with van der Waals surface area (Å²) in [4.78, 5) is 33.6. The number of anilines is 1. The third kappa shape index (κ3) is 3.23. The van der Waals surface area contributed by atoms with E-state index in [4.69, 9.17) is 4.74 Å². The van der Waals surface area contributed by atoms with Crippen LogP contribution in [0.15, 0.2) is 61.2 Å². The molecule has 4 aromatic heterocycles. The summed E-state index contributed by atoms with van der Waals surface area (Å²) in [5.74, 6) is 0.835. The first-order valence-electron chi connectivity index (χ1n) is 8.61. The van der Waals surface area contributed by atoms with Gasteiger partial charge < -0.3 is 10.1 Å². The second kappa shape index (κ2) is 7.21. The number of hydrogen-bond donors (Lipinski definition) is 1. The van der Waals surface area contributed by atoms with Gasteiger partial charge in [-0.05, 0) is 42.5 Å². The fourth-order valence-corrected chi connectivity index (χ4v) is 3.82. The number of nitrogens with zero attached hydrogens (tertiary/aromatic N) is 5. The Morgan fingerprint density at radius 1 is 0.966 bits per heavy atom. The first-order valence-corrected chi connectivity index (χ1v) is 9.43. The molecule has 0 aliphatic carbocycles. The molecule has 0 saturated carbocycles. The van der Waals surface area contributed by atoms with Gasteiger partial charge >= 0.3 is 0 Å². The van der Waals surface area contributed by atoms with Crippen molar-refractivity contribution in [2.24, 2.45) is 0 Å². The quantitative estimate of drug-likeness (QED) is 0.444. The molecule has 140 valence electrons. The van der Waals surface area contributed by atoms with E-state index < -0.39 is 0 Å². The number of pyridine rings is 2. The fraction of sp³-hybridized carbons (Fsp3) is 0. The van der Waals surface area contributed by atoms with Gasteiger partial charge in [0.05, 0.1) is 5.52 Å². The molecule has 0 spiro atoms. The Balaban J connectivity index is 1.60. The molecule has 1 amide bonds. The molecule has 8 nitrogen and oxygen atoms in total. The van der Waals surface area contributed by atoms with Gasteiger partial charge in [-0.25, -0.2) is 24.9 Å². The first kappa shape index (κ1) is 17.1. The molecule has 1 N–H and O–H groups in total. The van der Waals surface area contributed by atoms with E-state index in [2.05, 4.69) is 30.2 Å². The number of carbonyl (C=O) groups is 1. The van der Waals surface area contributed by atoms with Gasteiger partial charge in [-0.1, -0.05) is 11.3 Å². The topological polar surface area (TPSA) is 103 Å². The van der Waals surface area contributed by atoms with E-state index in [-0.39, 0.29) is 0 Å². The molecule has 0 aliphatic rings. The van der Waals surface area contributed by atoms with Crippen molar-refractivity contribution in [2.75, 3.05) is 5.32 Å². The molecule has 1 aromatic carbocycles. The molecule has 29 heavy (non-hydrogen) atoms. The highest BCUT2D eigenvalue weighted by Crippen LogP contribution is 2.34. The lowest BCUT2D eigenvalue weighted by atomic mass is 10.2. The lowest BCUT2D eigenvalue weighted by molar-refractivity contribution is -0.105. The number of thiazole rings is 1. The standard InChI is InChI=1S/C20H12N6O2S/c27-11-25-15-3-1-7-21-18(15)28-12-5-6-14-13(9-12)17(24-10-23-14)20-26-16-4-2-8-22-19(16)29-20/h1-11H,(H,25,27). The zero-order valence-electron chi connectivity index (χ0n) is 14.8. The van der Waals surface area contributed by atoms with Gasteiger partial charge in [-0.15, -0.1) is 0 Å². The third-order valence-electron chi connectivity index (χ3n) is 4.18. The second-order valence-corrected chi connectivity index (χ2v) is 6.95. The third-order valence-corrected chi connectivity index (χ3v) is 5.16. The molecular weight excluding hydrogens is 388 g/mol. The molecule has 0 atom stereocenters. The molecule has 0 fully saturated rings. The van der Waals surface area contributed by atoms with E-state index in [9.17, 15) is 4.79 Å². The summed E-state index contributed by atoms with van der Waals surface area (Å²) in [5.41, 5.74) is 2.77. The van der Waals surface area contributed by atoms with Crippen LogP contribution in [0, 0.1) is 0 Å². The molecule has 9 heteroatoms. The van der Waals surface area contributed by atoms with Crippen molar-refractivity contribution in [3.8, 4) is 22.3 Å². The Morgan fingerprint density at radius 2 is 1.86 bits per heavy atom. The van der Waals surface area contributed by atoms with Crippen LogP contribution in [0.4, 0.5) is 5.69 Å². The van der Waals surface area contributed by atoms with Crippen molar-refractivity contribution in [1.29, 1.82) is 0 Å². The number of carbonyl (C=O) groups excluding carboxylic acids is 1. The van der Waals surface area contributed by atoms with E-state index in [1.165, 1.54) is 17.7 Å². The van der Waals surface area contributed by atoms with Crippen molar-refractivity contribution in [3.63, 3.8) is 0 Å². The molecular formula is C20H12N6O2S. The Labute approximate surface area is 168 Å². The van der Waals surface area contributed by atoms with Crippen LogP contribution >= 0.6 is 11.3 Å². The number of ether oxygens (including phenoxy) is 1. The van der Waals surface area contributed by atoms with Gasteiger partial charge in [0, 0.05) is 17.8 Å². The Morgan fingerprint density at radius 3 is 2.76 bits per heavy atom. The van der Waals surface area contributed by atoms with E-state index in [0.717, 1.165) is 26.3 Å². The van der Waals surface area contributed by atoms with Crippen LogP contribution in [0.1, 0.15) is 0 Å². The predicted molar refractivity (Wildman–Crippen MR) is 110 cm³/mol. The number of fused-ring (bicyclic) bond motifs is 2. The summed E-state index contributed by atoms with van der Waals surface area (Å²) in [5, 5.41) is 4.13. The minimum atomic E-state index is 0.293. The zero-order valence-corrected chi connectivity index (χ0v) is 15.6. The average molecular weight is 400 g/mol. The lowest BCUT2D eigenvalue weighted by Crippen LogP contribution is -1.98. The number of hydrogen-bond acceptors (Lipinski definition) is 8. The van der Waals surface area contributed by atoms with Gasteiger partial charge in [0.15, 0.2) is 0 Å². The smallest absolute Gasteiger partial charge is 0.243 e. The molecule has 0 unspecified atom stereocenters. The molecule has 0 saturated heterocycles. The molecule has 4 heterocycles. The second-order valence-electron chi connectivity index (χ2n) is 5.97. The van der Waals surface area contributed by atoms with E-state index in [0.29, 0.717) is 29.4 Å². The number of amides is 1. The summed E-state index contributed by atoms with van der Waals surface area (Å²) < 4.78 is 5.90. The normalized spacial score (nSPS) is 10.9. The molecule has 5 aromatic rings. The fourth-order valence-electron chi connectivity index (χ4n) is 2.90. The van der Waals surface area contributed by atoms with Gasteiger partial charge in [0.1, 0.15) is 38.8 Å². The minimum Gasteiger partial charge on any atom is -0.437 e. The summed E-state index contributed by atoms with van der Waals surface area (Å²) in [6.07, 6.45) is 5.43. The van der Waals surface area contributed by atoms with Crippen molar-refractivity contribution in [2.45, 2.75) is 0 Å². The van der Waals surface area contributed by atoms with Crippen LogP contribution in [-0.2, 0) is 4.79 Å². The Hall–Kier alpha value is -3.98. The van der Waals surface area contributed by atoms with E-state index in [1.807, 2.05) is 24.3 Å². The lowest BCUT2D eigenvalue weighted by Gasteiger charge is -2.10. The highest BCUT2D eigenvalue weighted by atomic mass is 32.1. The zero-order chi connectivity index (χ0) is 19.6. The Bertz CT molecular complexity index is 1320. The van der Waals surface area contributed by atoms with E-state index >= 15 is 0 Å². The van der Waals surface area contributed by atoms with Gasteiger partial charge in [0.25, 0.3) is 0 Å². The minimum absolute atomic E-state index is 0.293. The van der Waals surface area contributed by atoms with Crippen molar-refractivity contribution in [1.82, 2.24) is 24.9 Å². The molecule has 0 bridgehead atoms. The van der Waals surface area contributed by atoms with Gasteiger partial charge in [0.2, 0.25) is 12.3 Å². The number of nitrogens with one attached hydrogen (secondary N) is 1. The summed E-state index contributed by atoms with van der Waals surface area (Å²) in [7, 11) is 0. The van der Waals surface area contributed by atoms with Gasteiger partial charge in [-0.3, -0.25) is 4.79 Å². The first-order chi connectivity index (χ1) is 14.3. The highest BCUT2D eigenvalue weighted by Gasteiger charge is 2.14. The number of aromatic nitrogens is 5. The van der Waals surface area contributed by atoms with Crippen LogP contribution in [0.5, 0.6) is 11.6 Å². The van der Waals surface area contributed by atoms with Gasteiger partial charge in [-0.2, -0.15) is 0 Å². The largest absolute Gasteiger partial charge is 0.437 e. The van der Waals surface area contributed by atoms with Crippen LogP contribution in [-0.4, -0.2) is 31.3 Å². The maximum absolute atomic E-state index is 10.8. The number of benzene rings is 1. The maximum Gasteiger partial charge on any atom is 0.243 e. The summed E-state index contributed by atoms with van der Waals surface area (Å²) in [6.45, 7) is 0. The van der Waals surface area contributed by atoms with Crippen LogP contribution in [0.3, 0.4) is 0 Å². The van der Waals surface area contributed by atoms with Crippen molar-refractivity contribution in [3.05, 3.63) is 61.2 Å². The van der Waals surface area contributed by atoms with Crippen LogP contribution in [0.2, 0.25) is 0 Å². The molecule has 0 aliphatic heterocycles. The highest BCUT2D eigenvalue weighted by molar-refractivity contribution is 7.21. The van der Waals surface area contributed by atoms with Crippen LogP contribution in [0.25, 0.3) is 32.0 Å². The molecule has 0 radical (unpaired) electrons. The van der Waals surface area contributed by atoms with Crippen LogP contribution < -0.4 is 10.1 Å². The summed E-state index contributed by atoms with van der Waals surface area (Å²) >= 11 is 1.47. The van der Waals surface area contributed by atoms with E-state index in [1.54, 1.807) is 30.6 Å². The Kier molecular flexibility index (Phi) is 4.26. The molecule has 5 rings (SSSR count). The van der Waals surface area contributed by atoms with Crippen molar-refractivity contribution < 1.29 is 9.53 Å². The van der Waals surface area contributed by atoms with Crippen molar-refractivity contribution >= 4 is 44.7 Å². The maximum atomic E-state index is 10.8.